The standard InChI is InChI=1S/C20H24Br2O2/c1-15-17(7-3-9-19(15)23-13-5-11-21)18-8-4-10-20(16(18)2)24-14-6-12-22/h3-4,7-10H,5-6,11-14H2,1-2H3. The van der Waals surface area contributed by atoms with E-state index >= 15 is 0 Å². The molecular formula is C20H24Br2O2. The van der Waals surface area contributed by atoms with Crippen molar-refractivity contribution < 1.29 is 9.47 Å². The van der Waals surface area contributed by atoms with E-state index in [-0.39, 0.29) is 0 Å². The van der Waals surface area contributed by atoms with Crippen LogP contribution in [-0.2, 0) is 0 Å². The first kappa shape index (κ1) is 19.3. The second kappa shape index (κ2) is 10.1. The molecule has 0 heterocycles. The van der Waals surface area contributed by atoms with Crippen LogP contribution in [0.25, 0.3) is 11.1 Å². The largest absolute Gasteiger partial charge is 0.493 e. The minimum absolute atomic E-state index is 0.726. The van der Waals surface area contributed by atoms with E-state index in [1.165, 1.54) is 22.3 Å². The van der Waals surface area contributed by atoms with Gasteiger partial charge in [-0.15, -0.1) is 0 Å². The second-order valence-electron chi connectivity index (χ2n) is 5.64. The Bertz CT molecular complexity index is 599. The zero-order chi connectivity index (χ0) is 17.4. The fourth-order valence-corrected chi connectivity index (χ4v) is 3.06. The smallest absolute Gasteiger partial charge is 0.122 e. The van der Waals surface area contributed by atoms with Crippen LogP contribution in [0.5, 0.6) is 11.5 Å². The molecule has 0 fully saturated rings. The quantitative estimate of drug-likeness (QED) is 0.326. The van der Waals surface area contributed by atoms with Crippen LogP contribution in [0.2, 0.25) is 0 Å². The molecule has 0 unspecified atom stereocenters. The summed E-state index contributed by atoms with van der Waals surface area (Å²) in [5.41, 5.74) is 4.75. The first-order chi connectivity index (χ1) is 11.7. The minimum Gasteiger partial charge on any atom is -0.493 e. The topological polar surface area (TPSA) is 18.5 Å². The van der Waals surface area contributed by atoms with Crippen LogP contribution in [0.15, 0.2) is 36.4 Å². The van der Waals surface area contributed by atoms with E-state index < -0.39 is 0 Å². The number of benzene rings is 2. The lowest BCUT2D eigenvalue weighted by Gasteiger charge is -2.16. The number of hydrogen-bond acceptors (Lipinski definition) is 2. The lowest BCUT2D eigenvalue weighted by molar-refractivity contribution is 0.316. The third kappa shape index (κ3) is 5.00. The Labute approximate surface area is 161 Å². The molecule has 0 saturated heterocycles. The first-order valence-electron chi connectivity index (χ1n) is 8.26. The summed E-state index contributed by atoms with van der Waals surface area (Å²) in [4.78, 5) is 0. The molecule has 2 aromatic carbocycles. The number of hydrogen-bond donors (Lipinski definition) is 0. The van der Waals surface area contributed by atoms with E-state index in [0.29, 0.717) is 0 Å². The van der Waals surface area contributed by atoms with Gasteiger partial charge in [-0.1, -0.05) is 56.1 Å². The van der Waals surface area contributed by atoms with Gasteiger partial charge >= 0.3 is 0 Å². The van der Waals surface area contributed by atoms with Gasteiger partial charge in [0, 0.05) is 10.7 Å². The van der Waals surface area contributed by atoms with Gasteiger partial charge in [-0.25, -0.2) is 0 Å². The lowest BCUT2D eigenvalue weighted by Crippen LogP contribution is -2.02. The van der Waals surface area contributed by atoms with Crippen LogP contribution in [0.4, 0.5) is 0 Å². The van der Waals surface area contributed by atoms with Crippen LogP contribution < -0.4 is 9.47 Å². The average Bonchev–Trinajstić information content (AvgIpc) is 2.59. The SMILES string of the molecule is Cc1c(OCCCBr)cccc1-c1cccc(OCCCBr)c1C. The van der Waals surface area contributed by atoms with E-state index in [2.05, 4.69) is 70.0 Å². The van der Waals surface area contributed by atoms with Crippen molar-refractivity contribution in [3.05, 3.63) is 47.5 Å². The Kier molecular flexibility index (Phi) is 8.13. The van der Waals surface area contributed by atoms with Crippen molar-refractivity contribution in [2.75, 3.05) is 23.9 Å². The van der Waals surface area contributed by atoms with Crippen LogP contribution in [-0.4, -0.2) is 23.9 Å². The summed E-state index contributed by atoms with van der Waals surface area (Å²) in [5, 5.41) is 1.91. The molecule has 2 nitrogen and oxygen atoms in total. The van der Waals surface area contributed by atoms with Crippen molar-refractivity contribution in [1.29, 1.82) is 0 Å². The Morgan fingerprint density at radius 2 is 1.12 bits per heavy atom. The highest BCUT2D eigenvalue weighted by Crippen LogP contribution is 2.35. The van der Waals surface area contributed by atoms with Gasteiger partial charge in [0.25, 0.3) is 0 Å². The van der Waals surface area contributed by atoms with Crippen molar-refractivity contribution in [2.45, 2.75) is 26.7 Å². The summed E-state index contributed by atoms with van der Waals surface area (Å²) in [6.45, 7) is 5.70. The van der Waals surface area contributed by atoms with Crippen LogP contribution in [0.1, 0.15) is 24.0 Å². The Morgan fingerprint density at radius 3 is 1.50 bits per heavy atom. The highest BCUT2D eigenvalue weighted by atomic mass is 79.9. The number of halogens is 2. The Hall–Kier alpha value is -1.000. The molecule has 0 aliphatic carbocycles. The molecular weight excluding hydrogens is 432 g/mol. The molecule has 0 bridgehead atoms. The monoisotopic (exact) mass is 454 g/mol. The van der Waals surface area contributed by atoms with E-state index in [4.69, 9.17) is 9.47 Å². The van der Waals surface area contributed by atoms with E-state index in [1.807, 2.05) is 12.1 Å². The molecule has 0 amide bonds. The molecule has 2 aromatic rings. The van der Waals surface area contributed by atoms with Gasteiger partial charge in [0.1, 0.15) is 11.5 Å². The predicted octanol–water partition coefficient (Wildman–Crippen LogP) is 6.30. The first-order valence-corrected chi connectivity index (χ1v) is 10.5. The van der Waals surface area contributed by atoms with Gasteiger partial charge in [0.05, 0.1) is 13.2 Å². The van der Waals surface area contributed by atoms with Crippen LogP contribution in [0.3, 0.4) is 0 Å². The lowest BCUT2D eigenvalue weighted by atomic mass is 9.95. The molecule has 0 N–H and O–H groups in total. The molecule has 0 atom stereocenters. The molecule has 130 valence electrons. The third-order valence-electron chi connectivity index (χ3n) is 3.93. The maximum atomic E-state index is 5.92. The van der Waals surface area contributed by atoms with Gasteiger partial charge < -0.3 is 9.47 Å². The van der Waals surface area contributed by atoms with Gasteiger partial charge in [-0.3, -0.25) is 0 Å². The summed E-state index contributed by atoms with van der Waals surface area (Å²) in [7, 11) is 0. The number of alkyl halides is 2. The van der Waals surface area contributed by atoms with Crippen LogP contribution in [0, 0.1) is 13.8 Å². The van der Waals surface area contributed by atoms with Gasteiger partial charge in [-0.05, 0) is 61.1 Å². The van der Waals surface area contributed by atoms with Crippen molar-refractivity contribution in [3.8, 4) is 22.6 Å². The molecule has 0 radical (unpaired) electrons. The van der Waals surface area contributed by atoms with Crippen LogP contribution >= 0.6 is 31.9 Å². The van der Waals surface area contributed by atoms with Gasteiger partial charge in [-0.2, -0.15) is 0 Å². The minimum atomic E-state index is 0.726. The molecule has 0 aromatic heterocycles. The summed E-state index contributed by atoms with van der Waals surface area (Å²) in [6.07, 6.45) is 2.00. The highest BCUT2D eigenvalue weighted by Gasteiger charge is 2.12. The maximum absolute atomic E-state index is 5.92. The fourth-order valence-electron chi connectivity index (χ4n) is 2.60. The van der Waals surface area contributed by atoms with Crippen molar-refractivity contribution in [1.82, 2.24) is 0 Å². The molecule has 4 heteroatoms. The summed E-state index contributed by atoms with van der Waals surface area (Å²) in [6, 6.07) is 12.5. The normalized spacial score (nSPS) is 10.7. The second-order valence-corrected chi connectivity index (χ2v) is 7.23. The average molecular weight is 456 g/mol. The third-order valence-corrected chi connectivity index (χ3v) is 5.05. The summed E-state index contributed by atoms with van der Waals surface area (Å²) < 4.78 is 11.8. The summed E-state index contributed by atoms with van der Waals surface area (Å²) >= 11 is 6.88. The molecule has 0 aliphatic heterocycles. The zero-order valence-corrected chi connectivity index (χ0v) is 17.5. The van der Waals surface area contributed by atoms with E-state index in [9.17, 15) is 0 Å². The molecule has 0 aliphatic rings. The molecule has 2 rings (SSSR count). The Balaban J connectivity index is 2.27. The number of rotatable bonds is 9. The highest BCUT2D eigenvalue weighted by molar-refractivity contribution is 9.09. The molecule has 0 saturated carbocycles. The maximum Gasteiger partial charge on any atom is 0.122 e. The molecule has 0 spiro atoms. The number of ether oxygens (including phenoxy) is 2. The van der Waals surface area contributed by atoms with E-state index in [1.54, 1.807) is 0 Å². The fraction of sp³-hybridized carbons (Fsp3) is 0.400. The van der Waals surface area contributed by atoms with Crippen molar-refractivity contribution >= 4 is 31.9 Å². The molecule has 24 heavy (non-hydrogen) atoms. The predicted molar refractivity (Wildman–Crippen MR) is 109 cm³/mol. The van der Waals surface area contributed by atoms with Gasteiger partial charge in [0.15, 0.2) is 0 Å². The van der Waals surface area contributed by atoms with Crippen molar-refractivity contribution in [2.24, 2.45) is 0 Å². The van der Waals surface area contributed by atoms with Crippen molar-refractivity contribution in [3.63, 3.8) is 0 Å². The zero-order valence-electron chi connectivity index (χ0n) is 14.3. The van der Waals surface area contributed by atoms with E-state index in [0.717, 1.165) is 48.2 Å². The van der Waals surface area contributed by atoms with Gasteiger partial charge in [0.2, 0.25) is 0 Å². The Morgan fingerprint density at radius 1 is 0.708 bits per heavy atom. The summed E-state index contributed by atoms with van der Waals surface area (Å²) in [5.74, 6) is 1.91.